The van der Waals surface area contributed by atoms with Gasteiger partial charge >= 0.3 is 0 Å². The molecule has 1 unspecified atom stereocenters. The zero-order valence-corrected chi connectivity index (χ0v) is 11.6. The number of aliphatic hydroxyl groups is 1. The van der Waals surface area contributed by atoms with Crippen LogP contribution in [-0.4, -0.2) is 45.0 Å². The molecule has 1 amide bonds. The Bertz CT molecular complexity index is 549. The number of hydrogen-bond acceptors (Lipinski definition) is 6. The lowest BCUT2D eigenvalue weighted by Gasteiger charge is -2.28. The molecule has 21 heavy (non-hydrogen) atoms. The lowest BCUT2D eigenvalue weighted by molar-refractivity contribution is -0.385. The van der Waals surface area contributed by atoms with Gasteiger partial charge in [0.1, 0.15) is 17.6 Å². The number of rotatable bonds is 3. The molecular weight excluding hydrogens is 276 g/mol. The number of amides is 1. The van der Waals surface area contributed by atoms with E-state index in [0.717, 1.165) is 25.5 Å². The van der Waals surface area contributed by atoms with E-state index >= 15 is 0 Å². The van der Waals surface area contributed by atoms with Crippen molar-refractivity contribution in [2.45, 2.75) is 31.7 Å². The number of pyridine rings is 1. The summed E-state index contributed by atoms with van der Waals surface area (Å²) in [7, 11) is 0. The van der Waals surface area contributed by atoms with Crippen molar-refractivity contribution in [1.29, 1.82) is 0 Å². The minimum Gasteiger partial charge on any atom is -0.394 e. The fourth-order valence-corrected chi connectivity index (χ4v) is 2.57. The number of likely N-dealkylation sites (tertiary alicyclic amines) is 1. The highest BCUT2D eigenvalue weighted by molar-refractivity contribution is 5.98. The van der Waals surface area contributed by atoms with E-state index in [9.17, 15) is 20.0 Å². The molecule has 1 aliphatic heterocycles. The third-order valence-electron chi connectivity index (χ3n) is 3.68. The van der Waals surface area contributed by atoms with Crippen molar-refractivity contribution in [2.24, 2.45) is 0 Å². The van der Waals surface area contributed by atoms with Gasteiger partial charge in [-0.15, -0.1) is 0 Å². The number of nitro groups is 1. The number of aliphatic hydroxyl groups excluding tert-OH is 1. The van der Waals surface area contributed by atoms with Gasteiger partial charge in [0.15, 0.2) is 0 Å². The third kappa shape index (κ3) is 3.27. The van der Waals surface area contributed by atoms with Crippen LogP contribution in [0.4, 0.5) is 11.5 Å². The van der Waals surface area contributed by atoms with Crippen LogP contribution in [-0.2, 0) is 0 Å². The normalized spacial score (nSPS) is 19.1. The Morgan fingerprint density at radius 3 is 2.95 bits per heavy atom. The molecule has 1 aromatic rings. The van der Waals surface area contributed by atoms with Crippen LogP contribution >= 0.6 is 0 Å². The summed E-state index contributed by atoms with van der Waals surface area (Å²) < 4.78 is 0. The maximum atomic E-state index is 12.6. The molecule has 1 saturated heterocycles. The van der Waals surface area contributed by atoms with E-state index in [1.807, 2.05) is 0 Å². The number of nitrogens with zero attached hydrogens (tertiary/aromatic N) is 3. The fourth-order valence-electron chi connectivity index (χ4n) is 2.57. The molecular formula is C13H18N4O4. The van der Waals surface area contributed by atoms with Gasteiger partial charge in [-0.3, -0.25) is 14.9 Å². The second kappa shape index (κ2) is 6.49. The highest BCUT2D eigenvalue weighted by Gasteiger charge is 2.30. The molecule has 0 spiro atoms. The number of hydrogen-bond donors (Lipinski definition) is 2. The molecule has 0 aliphatic carbocycles. The number of anilines is 1. The van der Waals surface area contributed by atoms with E-state index < -0.39 is 10.8 Å². The topological polar surface area (TPSA) is 123 Å². The number of nitrogen functional groups attached to an aromatic ring is 1. The molecule has 0 radical (unpaired) electrons. The minimum atomic E-state index is -0.647. The molecule has 1 aliphatic rings. The summed E-state index contributed by atoms with van der Waals surface area (Å²) in [6.45, 7) is 0.323. The first kappa shape index (κ1) is 15.2. The van der Waals surface area contributed by atoms with Gasteiger partial charge in [-0.2, -0.15) is 0 Å². The molecule has 114 valence electrons. The van der Waals surface area contributed by atoms with E-state index in [4.69, 9.17) is 5.73 Å². The van der Waals surface area contributed by atoms with E-state index in [1.165, 1.54) is 11.0 Å². The molecule has 0 bridgehead atoms. The molecule has 8 nitrogen and oxygen atoms in total. The fraction of sp³-hybridized carbons (Fsp3) is 0.538. The van der Waals surface area contributed by atoms with Crippen molar-refractivity contribution in [3.63, 3.8) is 0 Å². The Morgan fingerprint density at radius 1 is 1.52 bits per heavy atom. The van der Waals surface area contributed by atoms with Gasteiger partial charge in [-0.05, 0) is 18.9 Å². The predicted octanol–water partition coefficient (Wildman–Crippen LogP) is 0.949. The van der Waals surface area contributed by atoms with Gasteiger partial charge in [-0.25, -0.2) is 4.98 Å². The second-order valence-corrected chi connectivity index (χ2v) is 5.07. The average Bonchev–Trinajstić information content (AvgIpc) is 2.71. The van der Waals surface area contributed by atoms with Gasteiger partial charge in [0.2, 0.25) is 0 Å². The molecule has 2 heterocycles. The highest BCUT2D eigenvalue weighted by Crippen LogP contribution is 2.24. The van der Waals surface area contributed by atoms with Gasteiger partial charge in [0, 0.05) is 6.54 Å². The SMILES string of the molecule is Nc1cc(C(=O)N2CCCCCC2CO)c([N+](=O)[O-])cn1. The maximum Gasteiger partial charge on any atom is 0.300 e. The van der Waals surface area contributed by atoms with Crippen LogP contribution in [0.1, 0.15) is 36.0 Å². The van der Waals surface area contributed by atoms with Gasteiger partial charge in [-0.1, -0.05) is 12.8 Å². The number of carbonyl (C=O) groups is 1. The van der Waals surface area contributed by atoms with Crippen LogP contribution in [0.15, 0.2) is 12.3 Å². The molecule has 1 aromatic heterocycles. The van der Waals surface area contributed by atoms with E-state index in [2.05, 4.69) is 4.98 Å². The molecule has 1 atom stereocenters. The Labute approximate surface area is 121 Å². The van der Waals surface area contributed by atoms with Crippen molar-refractivity contribution >= 4 is 17.4 Å². The number of carbonyl (C=O) groups excluding carboxylic acids is 1. The summed E-state index contributed by atoms with van der Waals surface area (Å²) in [5.41, 5.74) is 5.10. The Hall–Kier alpha value is -2.22. The average molecular weight is 294 g/mol. The highest BCUT2D eigenvalue weighted by atomic mass is 16.6. The summed E-state index contributed by atoms with van der Waals surface area (Å²) >= 11 is 0. The van der Waals surface area contributed by atoms with Crippen LogP contribution in [0.5, 0.6) is 0 Å². The minimum absolute atomic E-state index is 0.0549. The first-order chi connectivity index (χ1) is 10.0. The van der Waals surface area contributed by atoms with Gasteiger partial charge in [0.25, 0.3) is 11.6 Å². The van der Waals surface area contributed by atoms with Crippen LogP contribution < -0.4 is 5.73 Å². The lowest BCUT2D eigenvalue weighted by Crippen LogP contribution is -2.42. The smallest absolute Gasteiger partial charge is 0.300 e. The van der Waals surface area contributed by atoms with Crippen LogP contribution in [0.25, 0.3) is 0 Å². The second-order valence-electron chi connectivity index (χ2n) is 5.07. The monoisotopic (exact) mass is 294 g/mol. The predicted molar refractivity (Wildman–Crippen MR) is 75.7 cm³/mol. The van der Waals surface area contributed by atoms with E-state index in [-0.39, 0.29) is 29.7 Å². The molecule has 0 aromatic carbocycles. The van der Waals surface area contributed by atoms with Crippen molar-refractivity contribution in [1.82, 2.24) is 9.88 Å². The molecule has 0 saturated carbocycles. The van der Waals surface area contributed by atoms with Crippen molar-refractivity contribution in [3.05, 3.63) is 27.9 Å². The van der Waals surface area contributed by atoms with Crippen LogP contribution in [0.2, 0.25) is 0 Å². The Balaban J connectivity index is 2.37. The van der Waals surface area contributed by atoms with Crippen molar-refractivity contribution < 1.29 is 14.8 Å². The summed E-state index contributed by atoms with van der Waals surface area (Å²) in [5, 5.41) is 20.5. The zero-order chi connectivity index (χ0) is 15.4. The van der Waals surface area contributed by atoms with Crippen LogP contribution in [0.3, 0.4) is 0 Å². The van der Waals surface area contributed by atoms with Crippen LogP contribution in [0, 0.1) is 10.1 Å². The van der Waals surface area contributed by atoms with Crippen molar-refractivity contribution in [3.8, 4) is 0 Å². The standard InChI is InChI=1S/C13H18N4O4/c14-12-6-10(11(7-15-12)17(20)21)13(19)16-5-3-1-2-4-9(16)8-18/h6-7,9,18H,1-5,8H2,(H2,14,15). The molecule has 1 fully saturated rings. The summed E-state index contributed by atoms with van der Waals surface area (Å²) in [5.74, 6) is -0.420. The summed E-state index contributed by atoms with van der Waals surface area (Å²) in [4.78, 5) is 28.2. The number of nitrogens with two attached hydrogens (primary N) is 1. The van der Waals surface area contributed by atoms with E-state index in [1.54, 1.807) is 0 Å². The quantitative estimate of drug-likeness (QED) is 0.632. The Morgan fingerprint density at radius 2 is 2.29 bits per heavy atom. The maximum absolute atomic E-state index is 12.6. The van der Waals surface area contributed by atoms with Crippen molar-refractivity contribution in [2.75, 3.05) is 18.9 Å². The summed E-state index contributed by atoms with van der Waals surface area (Å²) in [6, 6.07) is 0.911. The Kier molecular flexibility index (Phi) is 4.69. The molecule has 2 rings (SSSR count). The zero-order valence-electron chi connectivity index (χ0n) is 11.6. The molecule has 3 N–H and O–H groups in total. The summed E-state index contributed by atoms with van der Waals surface area (Å²) in [6.07, 6.45) is 4.40. The first-order valence-electron chi connectivity index (χ1n) is 6.86. The van der Waals surface area contributed by atoms with Gasteiger partial charge < -0.3 is 15.7 Å². The first-order valence-corrected chi connectivity index (χ1v) is 6.86. The van der Waals surface area contributed by atoms with Gasteiger partial charge in [0.05, 0.1) is 17.6 Å². The third-order valence-corrected chi connectivity index (χ3v) is 3.68. The van der Waals surface area contributed by atoms with E-state index in [0.29, 0.717) is 13.0 Å². The number of aromatic nitrogens is 1. The largest absolute Gasteiger partial charge is 0.394 e. The molecule has 8 heteroatoms. The lowest BCUT2D eigenvalue weighted by atomic mass is 10.1.